The van der Waals surface area contributed by atoms with Crippen LogP contribution in [0.1, 0.15) is 5.56 Å². The zero-order chi connectivity index (χ0) is 17.0. The lowest BCUT2D eigenvalue weighted by atomic mass is 10.2. The molecule has 6 heteroatoms. The predicted octanol–water partition coefficient (Wildman–Crippen LogP) is 1.59. The second-order valence-corrected chi connectivity index (χ2v) is 7.04. The van der Waals surface area contributed by atoms with Crippen molar-refractivity contribution in [2.45, 2.75) is 11.8 Å². The highest BCUT2D eigenvalue weighted by Crippen LogP contribution is 2.24. The van der Waals surface area contributed by atoms with Crippen LogP contribution in [0, 0.1) is 6.92 Å². The maximum Gasteiger partial charge on any atom is 0.261 e. The minimum atomic E-state index is -3.59. The van der Waals surface area contributed by atoms with Crippen molar-refractivity contribution in [3.05, 3.63) is 84.4 Å². The van der Waals surface area contributed by atoms with Crippen LogP contribution in [0.5, 0.6) is 11.5 Å². The van der Waals surface area contributed by atoms with Crippen molar-refractivity contribution in [1.82, 2.24) is 0 Å². The zero-order valence-electron chi connectivity index (χ0n) is 13.5. The fourth-order valence-electron chi connectivity index (χ4n) is 2.15. The summed E-state index contributed by atoms with van der Waals surface area (Å²) in [6.45, 7) is 1.91. The normalized spacial score (nSPS) is 10.6. The number of aryl methyl sites for hydroxylation is 1. The Morgan fingerprint density at radius 3 is 1.92 bits per heavy atom. The quantitative estimate of drug-likeness (QED) is 0.754. The molecule has 0 heterocycles. The lowest BCUT2D eigenvalue weighted by Crippen LogP contribution is -3.00. The molecule has 0 aliphatic rings. The van der Waals surface area contributed by atoms with E-state index in [0.717, 1.165) is 11.3 Å². The van der Waals surface area contributed by atoms with Crippen LogP contribution in [0.2, 0.25) is 0 Å². The molecule has 0 saturated heterocycles. The van der Waals surface area contributed by atoms with Crippen molar-refractivity contribution in [1.29, 1.82) is 0 Å². The summed E-state index contributed by atoms with van der Waals surface area (Å²) < 4.78 is 32.9. The Hall–Kier alpha value is -2.86. The molecule has 0 amide bonds. The van der Waals surface area contributed by atoms with Crippen LogP contribution in [-0.2, 0) is 10.0 Å². The summed E-state index contributed by atoms with van der Waals surface area (Å²) in [6, 6.07) is 22.9. The molecule has 0 atom stereocenters. The molecule has 4 nitrogen and oxygen atoms in total. The summed E-state index contributed by atoms with van der Waals surface area (Å²) in [5.41, 5.74) is 1.49. The van der Waals surface area contributed by atoms with Crippen LogP contribution in [0.15, 0.2) is 83.8 Å². The monoisotopic (exact) mass is 358 g/mol. The lowest BCUT2D eigenvalue weighted by molar-refractivity contribution is -0.00000775. The van der Waals surface area contributed by atoms with Gasteiger partial charge in [-0.2, -0.15) is 0 Å². The minimum Gasteiger partial charge on any atom is -1.00 e. The van der Waals surface area contributed by atoms with Gasteiger partial charge in [-0.3, -0.25) is 4.72 Å². The number of hydrogen-bond donors (Lipinski definition) is 1. The summed E-state index contributed by atoms with van der Waals surface area (Å²) in [5.74, 6) is 1.37. The van der Waals surface area contributed by atoms with E-state index in [0.29, 0.717) is 11.4 Å². The fraction of sp³-hybridized carbons (Fsp3) is 0.0526. The van der Waals surface area contributed by atoms with E-state index in [4.69, 9.17) is 4.74 Å². The summed E-state index contributed by atoms with van der Waals surface area (Å²) in [6.07, 6.45) is 0. The molecule has 0 radical (unpaired) electrons. The topological polar surface area (TPSA) is 55.4 Å². The third-order valence-corrected chi connectivity index (χ3v) is 4.81. The Kier molecular flexibility index (Phi) is 5.77. The van der Waals surface area contributed by atoms with Gasteiger partial charge in [-0.15, -0.1) is 0 Å². The van der Waals surface area contributed by atoms with Crippen molar-refractivity contribution >= 4 is 15.7 Å². The average Bonchev–Trinajstić information content (AvgIpc) is 2.58. The van der Waals surface area contributed by atoms with Crippen LogP contribution in [0.3, 0.4) is 0 Å². The SMILES string of the molecule is Cc1ccc(S(=O)(=O)Nc2ccc(Oc3ccccc3)cc2)cc1.[F-]. The van der Waals surface area contributed by atoms with Gasteiger partial charge in [0.2, 0.25) is 0 Å². The van der Waals surface area contributed by atoms with E-state index in [-0.39, 0.29) is 9.60 Å². The summed E-state index contributed by atoms with van der Waals surface area (Å²) in [5, 5.41) is 0. The highest BCUT2D eigenvalue weighted by Gasteiger charge is 2.13. The van der Waals surface area contributed by atoms with Crippen molar-refractivity contribution < 1.29 is 17.9 Å². The molecule has 0 aliphatic heterocycles. The van der Waals surface area contributed by atoms with Crippen LogP contribution in [0.25, 0.3) is 0 Å². The second kappa shape index (κ2) is 7.81. The van der Waals surface area contributed by atoms with Crippen molar-refractivity contribution in [3.8, 4) is 11.5 Å². The maximum atomic E-state index is 12.3. The van der Waals surface area contributed by atoms with Gasteiger partial charge in [-0.1, -0.05) is 35.9 Å². The predicted molar refractivity (Wildman–Crippen MR) is 94.9 cm³/mol. The summed E-state index contributed by atoms with van der Waals surface area (Å²) in [7, 11) is -3.59. The van der Waals surface area contributed by atoms with E-state index >= 15 is 0 Å². The number of nitrogens with one attached hydrogen (secondary N) is 1. The van der Waals surface area contributed by atoms with E-state index in [1.807, 2.05) is 37.3 Å². The summed E-state index contributed by atoms with van der Waals surface area (Å²) >= 11 is 0. The molecule has 0 bridgehead atoms. The highest BCUT2D eigenvalue weighted by molar-refractivity contribution is 7.92. The minimum absolute atomic E-state index is 0. The van der Waals surface area contributed by atoms with Gasteiger partial charge in [-0.05, 0) is 55.5 Å². The van der Waals surface area contributed by atoms with Gasteiger partial charge >= 0.3 is 0 Å². The molecule has 1 N–H and O–H groups in total. The lowest BCUT2D eigenvalue weighted by Gasteiger charge is -2.10. The van der Waals surface area contributed by atoms with E-state index in [9.17, 15) is 8.42 Å². The standard InChI is InChI=1S/C19H17NO3S.FH/c1-15-7-13-19(14-8-15)24(21,22)20-16-9-11-18(12-10-16)23-17-5-3-2-4-6-17;/h2-14,20H,1H3;1H/p-1. The molecule has 130 valence electrons. The molecular weight excluding hydrogens is 341 g/mol. The third kappa shape index (κ3) is 4.81. The molecule has 0 aromatic heterocycles. The van der Waals surface area contributed by atoms with Gasteiger partial charge in [0.25, 0.3) is 10.0 Å². The Morgan fingerprint density at radius 1 is 0.760 bits per heavy atom. The first-order valence-corrected chi connectivity index (χ1v) is 8.94. The number of anilines is 1. The Labute approximate surface area is 146 Å². The van der Waals surface area contributed by atoms with E-state index in [1.165, 1.54) is 0 Å². The van der Waals surface area contributed by atoms with Crippen molar-refractivity contribution in [2.24, 2.45) is 0 Å². The number of benzene rings is 3. The van der Waals surface area contributed by atoms with Crippen molar-refractivity contribution in [2.75, 3.05) is 4.72 Å². The van der Waals surface area contributed by atoms with Crippen LogP contribution < -0.4 is 14.2 Å². The van der Waals surface area contributed by atoms with Gasteiger partial charge in [0.05, 0.1) is 4.90 Å². The largest absolute Gasteiger partial charge is 1.00 e. The number of rotatable bonds is 5. The van der Waals surface area contributed by atoms with Gasteiger partial charge in [0.1, 0.15) is 11.5 Å². The van der Waals surface area contributed by atoms with Crippen molar-refractivity contribution in [3.63, 3.8) is 0 Å². The zero-order valence-corrected chi connectivity index (χ0v) is 14.3. The molecule has 3 aromatic rings. The molecule has 3 rings (SSSR count). The Bertz CT molecular complexity index is 909. The number of halogens is 1. The third-order valence-electron chi connectivity index (χ3n) is 3.42. The molecule has 0 fully saturated rings. The van der Waals surface area contributed by atoms with Gasteiger partial charge < -0.3 is 9.44 Å². The van der Waals surface area contributed by atoms with E-state index in [1.54, 1.807) is 48.5 Å². The molecule has 25 heavy (non-hydrogen) atoms. The number of sulfonamides is 1. The average molecular weight is 358 g/mol. The highest BCUT2D eigenvalue weighted by atomic mass is 32.2. The summed E-state index contributed by atoms with van der Waals surface area (Å²) in [4.78, 5) is 0.234. The molecule has 0 saturated carbocycles. The fourth-order valence-corrected chi connectivity index (χ4v) is 3.21. The smallest absolute Gasteiger partial charge is 0.261 e. The number of para-hydroxylation sites is 1. The van der Waals surface area contributed by atoms with Gasteiger partial charge in [-0.25, -0.2) is 8.42 Å². The van der Waals surface area contributed by atoms with Gasteiger partial charge in [0.15, 0.2) is 0 Å². The van der Waals surface area contributed by atoms with Gasteiger partial charge in [0, 0.05) is 5.69 Å². The van der Waals surface area contributed by atoms with Crippen LogP contribution >= 0.6 is 0 Å². The molecule has 0 spiro atoms. The maximum absolute atomic E-state index is 12.3. The number of ether oxygens (including phenoxy) is 1. The first-order valence-electron chi connectivity index (χ1n) is 7.45. The van der Waals surface area contributed by atoms with Crippen LogP contribution in [-0.4, -0.2) is 8.42 Å². The second-order valence-electron chi connectivity index (χ2n) is 5.36. The molecule has 0 unspecified atom stereocenters. The van der Waals surface area contributed by atoms with E-state index in [2.05, 4.69) is 4.72 Å². The number of hydrogen-bond acceptors (Lipinski definition) is 3. The Balaban J connectivity index is 0.00000225. The molecule has 3 aromatic carbocycles. The Morgan fingerprint density at radius 2 is 1.32 bits per heavy atom. The first kappa shape index (κ1) is 18.5. The van der Waals surface area contributed by atoms with E-state index < -0.39 is 10.0 Å². The van der Waals surface area contributed by atoms with Crippen LogP contribution in [0.4, 0.5) is 5.69 Å². The first-order chi connectivity index (χ1) is 11.5. The molecule has 0 aliphatic carbocycles. The molecular formula is C19H17FNO3S-.